The Morgan fingerprint density at radius 1 is 1.56 bits per heavy atom. The molecule has 2 N–H and O–H groups in total. The highest BCUT2D eigenvalue weighted by atomic mass is 16.5. The number of nitrogens with zero attached hydrogens (tertiary/aromatic N) is 1. The molecule has 5 heteroatoms. The van der Waals surface area contributed by atoms with Crippen molar-refractivity contribution in [2.24, 2.45) is 5.92 Å². The fraction of sp³-hybridized carbons (Fsp3) is 0.636. The molecule has 0 atom stereocenters. The molecule has 0 bridgehead atoms. The van der Waals surface area contributed by atoms with Gasteiger partial charge in [0.25, 0.3) is 5.91 Å². The SMILES string of the molecule is O=C(NCC1CNC1)c1cc(C2CC2)on1. The maximum absolute atomic E-state index is 11.7. The minimum absolute atomic E-state index is 0.123. The topological polar surface area (TPSA) is 67.2 Å². The van der Waals surface area contributed by atoms with Crippen molar-refractivity contribution < 1.29 is 9.32 Å². The Labute approximate surface area is 93.6 Å². The van der Waals surface area contributed by atoms with Crippen molar-refractivity contribution in [2.75, 3.05) is 19.6 Å². The molecule has 0 unspecified atom stereocenters. The lowest BCUT2D eigenvalue weighted by molar-refractivity contribution is 0.0933. The monoisotopic (exact) mass is 221 g/mol. The second-order valence-corrected chi connectivity index (χ2v) is 4.62. The van der Waals surface area contributed by atoms with Crippen LogP contribution in [0.3, 0.4) is 0 Å². The highest BCUT2D eigenvalue weighted by Crippen LogP contribution is 2.40. The van der Waals surface area contributed by atoms with Crippen molar-refractivity contribution in [1.29, 1.82) is 0 Å². The summed E-state index contributed by atoms with van der Waals surface area (Å²) in [5.74, 6) is 1.81. The van der Waals surface area contributed by atoms with Crippen LogP contribution in [0.15, 0.2) is 10.6 Å². The van der Waals surface area contributed by atoms with Crippen LogP contribution in [0.2, 0.25) is 0 Å². The molecule has 1 saturated carbocycles. The van der Waals surface area contributed by atoms with Crippen LogP contribution in [0.1, 0.15) is 35.0 Å². The Morgan fingerprint density at radius 2 is 2.38 bits per heavy atom. The Kier molecular flexibility index (Phi) is 2.40. The molecule has 0 aromatic carbocycles. The molecule has 1 aliphatic carbocycles. The van der Waals surface area contributed by atoms with E-state index in [0.717, 1.165) is 38.2 Å². The van der Waals surface area contributed by atoms with E-state index in [2.05, 4.69) is 15.8 Å². The third-order valence-electron chi connectivity index (χ3n) is 3.16. The van der Waals surface area contributed by atoms with Crippen molar-refractivity contribution in [3.05, 3.63) is 17.5 Å². The Morgan fingerprint density at radius 3 is 3.00 bits per heavy atom. The van der Waals surface area contributed by atoms with Gasteiger partial charge in [-0.3, -0.25) is 4.79 Å². The maximum Gasteiger partial charge on any atom is 0.273 e. The Balaban J connectivity index is 1.55. The zero-order valence-electron chi connectivity index (χ0n) is 9.03. The van der Waals surface area contributed by atoms with E-state index < -0.39 is 0 Å². The molecule has 2 aliphatic rings. The first-order chi connectivity index (χ1) is 7.83. The van der Waals surface area contributed by atoms with Crippen LogP contribution in [0.5, 0.6) is 0 Å². The van der Waals surface area contributed by atoms with Crippen LogP contribution in [0.25, 0.3) is 0 Å². The molecular weight excluding hydrogens is 206 g/mol. The van der Waals surface area contributed by atoms with Gasteiger partial charge in [0, 0.05) is 37.5 Å². The molecule has 1 aliphatic heterocycles. The first kappa shape index (κ1) is 9.84. The molecule has 1 aromatic rings. The molecule has 16 heavy (non-hydrogen) atoms. The third-order valence-corrected chi connectivity index (χ3v) is 3.16. The Bertz CT molecular complexity index is 394. The fourth-order valence-corrected chi connectivity index (χ4v) is 1.78. The first-order valence-corrected chi connectivity index (χ1v) is 5.78. The van der Waals surface area contributed by atoms with Crippen LogP contribution in [-0.4, -0.2) is 30.7 Å². The number of carbonyl (C=O) groups is 1. The predicted octanol–water partition coefficient (Wildman–Crippen LogP) is 0.501. The van der Waals surface area contributed by atoms with E-state index in [1.165, 1.54) is 0 Å². The average Bonchev–Trinajstić information content (AvgIpc) is 2.94. The summed E-state index contributed by atoms with van der Waals surface area (Å²) in [4.78, 5) is 11.7. The van der Waals surface area contributed by atoms with Gasteiger partial charge in [0.2, 0.25) is 0 Å². The van der Waals surface area contributed by atoms with Crippen LogP contribution < -0.4 is 10.6 Å². The minimum atomic E-state index is -0.123. The predicted molar refractivity (Wildman–Crippen MR) is 57.2 cm³/mol. The number of nitrogens with one attached hydrogen (secondary N) is 2. The Hall–Kier alpha value is -1.36. The number of aromatic nitrogens is 1. The smallest absolute Gasteiger partial charge is 0.273 e. The number of hydrogen-bond acceptors (Lipinski definition) is 4. The molecule has 2 fully saturated rings. The van der Waals surface area contributed by atoms with Crippen molar-refractivity contribution in [2.45, 2.75) is 18.8 Å². The molecule has 2 heterocycles. The summed E-state index contributed by atoms with van der Waals surface area (Å²) in [5, 5.41) is 9.84. The van der Waals surface area contributed by atoms with E-state index >= 15 is 0 Å². The second kappa shape index (κ2) is 3.90. The fourth-order valence-electron chi connectivity index (χ4n) is 1.78. The van der Waals surface area contributed by atoms with E-state index in [1.807, 2.05) is 0 Å². The van der Waals surface area contributed by atoms with E-state index in [0.29, 0.717) is 17.5 Å². The summed E-state index contributed by atoms with van der Waals surface area (Å²) in [6, 6.07) is 1.77. The number of rotatable bonds is 4. The van der Waals surface area contributed by atoms with E-state index in [-0.39, 0.29) is 5.91 Å². The normalized spacial score (nSPS) is 20.5. The quantitative estimate of drug-likeness (QED) is 0.777. The van der Waals surface area contributed by atoms with Crippen molar-refractivity contribution >= 4 is 5.91 Å². The molecule has 86 valence electrons. The molecule has 0 spiro atoms. The van der Waals surface area contributed by atoms with Crippen LogP contribution in [0, 0.1) is 5.92 Å². The number of hydrogen-bond donors (Lipinski definition) is 2. The zero-order valence-corrected chi connectivity index (χ0v) is 9.03. The molecule has 1 amide bonds. The third kappa shape index (κ3) is 1.95. The van der Waals surface area contributed by atoms with Gasteiger partial charge in [0.15, 0.2) is 5.69 Å². The van der Waals surface area contributed by atoms with Crippen molar-refractivity contribution in [1.82, 2.24) is 15.8 Å². The van der Waals surface area contributed by atoms with Gasteiger partial charge in [0.1, 0.15) is 5.76 Å². The van der Waals surface area contributed by atoms with Crippen molar-refractivity contribution in [3.8, 4) is 0 Å². The summed E-state index contributed by atoms with van der Waals surface area (Å²) in [6.07, 6.45) is 2.31. The lowest BCUT2D eigenvalue weighted by atomic mass is 10.0. The summed E-state index contributed by atoms with van der Waals surface area (Å²) < 4.78 is 5.13. The lowest BCUT2D eigenvalue weighted by Crippen LogP contribution is -2.48. The molecule has 5 nitrogen and oxygen atoms in total. The van der Waals surface area contributed by atoms with Gasteiger partial charge >= 0.3 is 0 Å². The summed E-state index contributed by atoms with van der Waals surface area (Å²) in [6.45, 7) is 2.70. The van der Waals surface area contributed by atoms with E-state index in [4.69, 9.17) is 4.52 Å². The maximum atomic E-state index is 11.7. The van der Waals surface area contributed by atoms with Gasteiger partial charge in [-0.05, 0) is 12.8 Å². The first-order valence-electron chi connectivity index (χ1n) is 5.78. The molecule has 3 rings (SSSR count). The number of carbonyl (C=O) groups excluding carboxylic acids is 1. The second-order valence-electron chi connectivity index (χ2n) is 4.62. The lowest BCUT2D eigenvalue weighted by Gasteiger charge is -2.26. The van der Waals surface area contributed by atoms with Gasteiger partial charge in [-0.15, -0.1) is 0 Å². The zero-order chi connectivity index (χ0) is 11.0. The molecule has 1 saturated heterocycles. The summed E-state index contributed by atoms with van der Waals surface area (Å²) in [5.41, 5.74) is 0.411. The average molecular weight is 221 g/mol. The van der Waals surface area contributed by atoms with Crippen LogP contribution in [-0.2, 0) is 0 Å². The summed E-state index contributed by atoms with van der Waals surface area (Å²) >= 11 is 0. The van der Waals surface area contributed by atoms with Crippen LogP contribution in [0.4, 0.5) is 0 Å². The van der Waals surface area contributed by atoms with Gasteiger partial charge < -0.3 is 15.2 Å². The largest absolute Gasteiger partial charge is 0.360 e. The highest BCUT2D eigenvalue weighted by molar-refractivity contribution is 5.92. The van der Waals surface area contributed by atoms with Gasteiger partial charge in [0.05, 0.1) is 0 Å². The molecule has 0 radical (unpaired) electrons. The molecular formula is C11H15N3O2. The summed E-state index contributed by atoms with van der Waals surface area (Å²) in [7, 11) is 0. The standard InChI is InChI=1S/C11H15N3O2/c15-11(13-6-7-4-12-5-7)9-3-10(16-14-9)8-1-2-8/h3,7-8,12H,1-2,4-6H2,(H,13,15). The van der Waals surface area contributed by atoms with Crippen LogP contribution >= 0.6 is 0 Å². The van der Waals surface area contributed by atoms with Gasteiger partial charge in [-0.1, -0.05) is 5.16 Å². The van der Waals surface area contributed by atoms with E-state index in [1.54, 1.807) is 6.07 Å². The number of amides is 1. The minimum Gasteiger partial charge on any atom is -0.360 e. The van der Waals surface area contributed by atoms with Gasteiger partial charge in [-0.2, -0.15) is 0 Å². The molecule has 1 aromatic heterocycles. The van der Waals surface area contributed by atoms with Gasteiger partial charge in [-0.25, -0.2) is 0 Å². The highest BCUT2D eigenvalue weighted by Gasteiger charge is 2.29. The van der Waals surface area contributed by atoms with E-state index in [9.17, 15) is 4.79 Å². The van der Waals surface area contributed by atoms with Crippen molar-refractivity contribution in [3.63, 3.8) is 0 Å².